The highest BCUT2D eigenvalue weighted by molar-refractivity contribution is 5.76. The van der Waals surface area contributed by atoms with E-state index in [2.05, 4.69) is 31.3 Å². The molecule has 0 spiro atoms. The van der Waals surface area contributed by atoms with E-state index in [-0.39, 0.29) is 18.5 Å². The van der Waals surface area contributed by atoms with Gasteiger partial charge in [0, 0.05) is 12.8 Å². The molecule has 480 valence electrons. The number of carbonyl (C=O) groups excluding carboxylic acids is 2. The summed E-state index contributed by atoms with van der Waals surface area (Å²) >= 11 is 0. The molecule has 0 aromatic rings. The summed E-state index contributed by atoms with van der Waals surface area (Å²) in [6.07, 6.45) is 89.8. The number of carbonyl (C=O) groups is 2. The smallest absolute Gasteiger partial charge is 0.305 e. The highest BCUT2D eigenvalue weighted by Crippen LogP contribution is 2.19. The van der Waals surface area contributed by atoms with Gasteiger partial charge in [0.25, 0.3) is 0 Å². The van der Waals surface area contributed by atoms with Crippen LogP contribution in [0.4, 0.5) is 0 Å². The van der Waals surface area contributed by atoms with Crippen molar-refractivity contribution in [3.05, 3.63) is 24.3 Å². The predicted molar refractivity (Wildman–Crippen MR) is 356 cm³/mol. The molecule has 0 radical (unpaired) electrons. The van der Waals surface area contributed by atoms with Gasteiger partial charge in [-0.25, -0.2) is 0 Å². The first-order valence-electron chi connectivity index (χ1n) is 37.1. The second-order valence-corrected chi connectivity index (χ2v) is 25.6. The van der Waals surface area contributed by atoms with Crippen LogP contribution in [0.2, 0.25) is 0 Å². The number of ether oxygens (including phenoxy) is 1. The van der Waals surface area contributed by atoms with Crippen LogP contribution in [0.3, 0.4) is 0 Å². The van der Waals surface area contributed by atoms with Gasteiger partial charge in [-0.1, -0.05) is 372 Å². The van der Waals surface area contributed by atoms with Gasteiger partial charge in [-0.2, -0.15) is 0 Å². The molecule has 0 aliphatic heterocycles. The molecule has 3 N–H and O–H groups in total. The fourth-order valence-electron chi connectivity index (χ4n) is 11.8. The zero-order valence-corrected chi connectivity index (χ0v) is 55.0. The van der Waals surface area contributed by atoms with Crippen LogP contribution >= 0.6 is 0 Å². The zero-order chi connectivity index (χ0) is 58.5. The average Bonchev–Trinajstić information content (AvgIpc) is 3.47. The summed E-state index contributed by atoms with van der Waals surface area (Å²) in [6.45, 7) is 4.95. The van der Waals surface area contributed by atoms with Crippen LogP contribution in [0.25, 0.3) is 0 Å². The number of amides is 1. The third-order valence-corrected chi connectivity index (χ3v) is 17.5. The second-order valence-electron chi connectivity index (χ2n) is 25.6. The summed E-state index contributed by atoms with van der Waals surface area (Å²) in [5.41, 5.74) is 0. The molecular weight excluding hydrogens is 995 g/mol. The molecule has 1 amide bonds. The van der Waals surface area contributed by atoms with E-state index in [0.717, 1.165) is 38.5 Å². The van der Waals surface area contributed by atoms with Crippen LogP contribution in [-0.2, 0) is 14.3 Å². The van der Waals surface area contributed by atoms with Crippen molar-refractivity contribution in [3.8, 4) is 0 Å². The summed E-state index contributed by atoms with van der Waals surface area (Å²) < 4.78 is 5.50. The number of esters is 1. The van der Waals surface area contributed by atoms with Gasteiger partial charge in [0.15, 0.2) is 0 Å². The van der Waals surface area contributed by atoms with Crippen molar-refractivity contribution in [2.75, 3.05) is 13.2 Å². The molecule has 0 aliphatic carbocycles. The Morgan fingerprint density at radius 2 is 0.580 bits per heavy atom. The molecule has 2 atom stereocenters. The molecule has 0 aliphatic rings. The molecule has 0 aromatic heterocycles. The van der Waals surface area contributed by atoms with E-state index >= 15 is 0 Å². The maximum Gasteiger partial charge on any atom is 0.305 e. The lowest BCUT2D eigenvalue weighted by molar-refractivity contribution is -0.143. The van der Waals surface area contributed by atoms with E-state index in [0.29, 0.717) is 19.4 Å². The van der Waals surface area contributed by atoms with Crippen molar-refractivity contribution in [3.63, 3.8) is 0 Å². The lowest BCUT2D eigenvalue weighted by Gasteiger charge is -2.20. The summed E-state index contributed by atoms with van der Waals surface area (Å²) in [5, 5.41) is 23.3. The monoisotopic (exact) mass is 1140 g/mol. The SMILES string of the molecule is CCCCCCCCCCCCCCCCCCCCCCCC/C=C/C(O)C(CO)NC(=O)CCCCCCCCCCC/C=C\CCCCCCCCCCCCCCOC(=O)CCCCCCCCCCCCCCCCC. The minimum atomic E-state index is -0.848. The van der Waals surface area contributed by atoms with Gasteiger partial charge in [0.1, 0.15) is 0 Å². The molecule has 0 aromatic carbocycles. The number of allylic oxidation sites excluding steroid dienone is 3. The molecule has 81 heavy (non-hydrogen) atoms. The lowest BCUT2D eigenvalue weighted by Crippen LogP contribution is -2.45. The third-order valence-electron chi connectivity index (χ3n) is 17.5. The summed E-state index contributed by atoms with van der Waals surface area (Å²) in [7, 11) is 0. The molecule has 0 rings (SSSR count). The number of rotatable bonds is 70. The topological polar surface area (TPSA) is 95.9 Å². The Bertz CT molecular complexity index is 1270. The van der Waals surface area contributed by atoms with Gasteiger partial charge >= 0.3 is 5.97 Å². The number of nitrogens with one attached hydrogen (secondary N) is 1. The number of hydrogen-bond acceptors (Lipinski definition) is 5. The molecule has 2 unspecified atom stereocenters. The first-order valence-corrected chi connectivity index (χ1v) is 37.1. The van der Waals surface area contributed by atoms with Gasteiger partial charge in [-0.05, 0) is 57.8 Å². The Labute approximate surface area is 507 Å². The number of hydrogen-bond donors (Lipinski definition) is 3. The van der Waals surface area contributed by atoms with E-state index in [1.165, 1.54) is 353 Å². The van der Waals surface area contributed by atoms with Crippen LogP contribution in [0.1, 0.15) is 418 Å². The van der Waals surface area contributed by atoms with Crippen LogP contribution in [0.15, 0.2) is 24.3 Å². The van der Waals surface area contributed by atoms with Gasteiger partial charge in [-0.15, -0.1) is 0 Å². The Balaban J connectivity index is 3.41. The maximum atomic E-state index is 12.5. The molecule has 0 fully saturated rings. The van der Waals surface area contributed by atoms with Gasteiger partial charge < -0.3 is 20.3 Å². The van der Waals surface area contributed by atoms with Gasteiger partial charge in [-0.3, -0.25) is 9.59 Å². The van der Waals surface area contributed by atoms with Crippen molar-refractivity contribution >= 4 is 11.9 Å². The maximum absolute atomic E-state index is 12.5. The van der Waals surface area contributed by atoms with Crippen molar-refractivity contribution in [1.29, 1.82) is 0 Å². The fourth-order valence-corrected chi connectivity index (χ4v) is 11.8. The molecule has 6 heteroatoms. The number of aliphatic hydroxyl groups excluding tert-OH is 2. The van der Waals surface area contributed by atoms with Crippen molar-refractivity contribution in [2.24, 2.45) is 0 Å². The number of aliphatic hydroxyl groups is 2. The first-order chi connectivity index (χ1) is 40.0. The van der Waals surface area contributed by atoms with Crippen LogP contribution in [0.5, 0.6) is 0 Å². The zero-order valence-electron chi connectivity index (χ0n) is 55.0. The second kappa shape index (κ2) is 70.8. The van der Waals surface area contributed by atoms with E-state index in [4.69, 9.17) is 4.74 Å². The lowest BCUT2D eigenvalue weighted by atomic mass is 10.0. The predicted octanol–water partition coefficient (Wildman–Crippen LogP) is 24.1. The summed E-state index contributed by atoms with van der Waals surface area (Å²) in [4.78, 5) is 24.6. The Morgan fingerprint density at radius 1 is 0.333 bits per heavy atom. The highest BCUT2D eigenvalue weighted by atomic mass is 16.5. The third kappa shape index (κ3) is 67.3. The Kier molecular flexibility index (Phi) is 69.4. The molecule has 0 bridgehead atoms. The van der Waals surface area contributed by atoms with E-state index in [1.807, 2.05) is 6.08 Å². The minimum Gasteiger partial charge on any atom is -0.466 e. The van der Waals surface area contributed by atoms with Crippen LogP contribution in [0, 0.1) is 0 Å². The molecule has 0 saturated heterocycles. The van der Waals surface area contributed by atoms with Crippen molar-refractivity contribution < 1.29 is 24.5 Å². The largest absolute Gasteiger partial charge is 0.466 e. The van der Waals surface area contributed by atoms with Crippen molar-refractivity contribution in [1.82, 2.24) is 5.32 Å². The average molecular weight is 1140 g/mol. The van der Waals surface area contributed by atoms with Crippen molar-refractivity contribution in [2.45, 2.75) is 431 Å². The molecule has 0 saturated carbocycles. The Morgan fingerprint density at radius 3 is 0.877 bits per heavy atom. The van der Waals surface area contributed by atoms with E-state index in [1.54, 1.807) is 6.08 Å². The Hall–Kier alpha value is -1.66. The minimum absolute atomic E-state index is 0.0169. The highest BCUT2D eigenvalue weighted by Gasteiger charge is 2.18. The molecule has 6 nitrogen and oxygen atoms in total. The van der Waals surface area contributed by atoms with Gasteiger partial charge in [0.2, 0.25) is 5.91 Å². The quantitative estimate of drug-likeness (QED) is 0.0320. The fraction of sp³-hybridized carbons (Fsp3) is 0.920. The standard InChI is InChI=1S/C75H145NO5/c1-3-5-7-9-11-13-15-17-19-20-21-22-23-27-30-33-36-40-43-47-51-55-59-63-67-73(78)72(71-77)76-74(79)68-64-60-56-52-48-44-41-37-34-31-28-25-24-26-29-32-35-38-42-46-50-54-58-62-66-70-81-75(80)69-65-61-57-53-49-45-39-18-16-14-12-10-8-6-4-2/h25,28,63,67,72-73,77-78H,3-24,26-27,29-62,64-66,68-71H2,1-2H3,(H,76,79)/b28-25-,67-63+. The van der Waals surface area contributed by atoms with E-state index in [9.17, 15) is 19.8 Å². The van der Waals surface area contributed by atoms with Crippen LogP contribution < -0.4 is 5.32 Å². The normalized spacial score (nSPS) is 12.6. The summed E-state index contributed by atoms with van der Waals surface area (Å²) in [5.74, 6) is -0.0494. The van der Waals surface area contributed by atoms with Gasteiger partial charge in [0.05, 0.1) is 25.4 Å². The number of unbranched alkanes of at least 4 members (excludes halogenated alkanes) is 57. The first kappa shape index (κ1) is 79.3. The summed E-state index contributed by atoms with van der Waals surface area (Å²) in [6, 6.07) is -0.631. The van der Waals surface area contributed by atoms with E-state index < -0.39 is 12.1 Å². The van der Waals surface area contributed by atoms with Crippen LogP contribution in [-0.4, -0.2) is 47.4 Å². The molecule has 0 heterocycles. The molecular formula is C75H145NO5.